The number of hydrogen-bond acceptors (Lipinski definition) is 7. The van der Waals surface area contributed by atoms with Gasteiger partial charge in [0.15, 0.2) is 0 Å². The molecule has 0 aliphatic carbocycles. The fraction of sp³-hybridized carbons (Fsp3) is 0.438. The van der Waals surface area contributed by atoms with E-state index >= 15 is 0 Å². The van der Waals surface area contributed by atoms with Gasteiger partial charge in [0.2, 0.25) is 0 Å². The van der Waals surface area contributed by atoms with Crippen LogP contribution >= 0.6 is 0 Å². The van der Waals surface area contributed by atoms with E-state index in [4.69, 9.17) is 14.2 Å². The molecule has 1 aromatic carbocycles. The summed E-state index contributed by atoms with van der Waals surface area (Å²) in [5, 5.41) is 9.64. The lowest BCUT2D eigenvalue weighted by Gasteiger charge is -2.13. The maximum Gasteiger partial charge on any atom is 0.342 e. The van der Waals surface area contributed by atoms with Gasteiger partial charge in [-0.2, -0.15) is 0 Å². The first kappa shape index (κ1) is 18.6. The molecule has 1 atom stereocenters. The number of esters is 3. The maximum atomic E-state index is 12.0. The topological polar surface area (TPSA) is 99.1 Å². The highest BCUT2D eigenvalue weighted by Gasteiger charge is 2.17. The van der Waals surface area contributed by atoms with E-state index in [9.17, 15) is 19.5 Å². The fourth-order valence-corrected chi connectivity index (χ4v) is 1.64. The van der Waals surface area contributed by atoms with Gasteiger partial charge in [0.1, 0.15) is 30.6 Å². The molecule has 0 aliphatic rings. The van der Waals surface area contributed by atoms with Gasteiger partial charge in [0.25, 0.3) is 0 Å². The molecular formula is C16H20O7. The van der Waals surface area contributed by atoms with E-state index < -0.39 is 24.0 Å². The van der Waals surface area contributed by atoms with Crippen LogP contribution in [-0.4, -0.2) is 42.3 Å². The molecule has 1 aromatic rings. The average molecular weight is 324 g/mol. The summed E-state index contributed by atoms with van der Waals surface area (Å²) in [5.41, 5.74) is 0.0675. The molecule has 0 fully saturated rings. The summed E-state index contributed by atoms with van der Waals surface area (Å²) in [6.07, 6.45) is -0.209. The Morgan fingerprint density at radius 2 is 1.78 bits per heavy atom. The zero-order valence-corrected chi connectivity index (χ0v) is 13.1. The molecular weight excluding hydrogens is 304 g/mol. The SMILES string of the molecule is CCCC(=O)OCC(O)COC(=O)c1ccccc1OC(C)=O. The summed E-state index contributed by atoms with van der Waals surface area (Å²) in [5.74, 6) is -1.65. The number of ether oxygens (including phenoxy) is 3. The van der Waals surface area contributed by atoms with Crippen LogP contribution in [0.15, 0.2) is 24.3 Å². The first-order valence-electron chi connectivity index (χ1n) is 7.22. The minimum absolute atomic E-state index is 0.0675. The summed E-state index contributed by atoms with van der Waals surface area (Å²) in [6, 6.07) is 6.10. The molecule has 23 heavy (non-hydrogen) atoms. The molecule has 1 rings (SSSR count). The molecule has 0 amide bonds. The Morgan fingerprint density at radius 1 is 1.13 bits per heavy atom. The smallest absolute Gasteiger partial charge is 0.342 e. The van der Waals surface area contributed by atoms with E-state index in [0.29, 0.717) is 6.42 Å². The van der Waals surface area contributed by atoms with Crippen LogP contribution in [-0.2, 0) is 19.1 Å². The summed E-state index contributed by atoms with van der Waals surface area (Å²) in [4.78, 5) is 34.1. The summed E-state index contributed by atoms with van der Waals surface area (Å²) < 4.78 is 14.6. The monoisotopic (exact) mass is 324 g/mol. The van der Waals surface area contributed by atoms with Crippen molar-refractivity contribution < 1.29 is 33.7 Å². The molecule has 7 heteroatoms. The van der Waals surface area contributed by atoms with Crippen LogP contribution in [0.5, 0.6) is 5.75 Å². The molecule has 1 unspecified atom stereocenters. The molecule has 0 saturated carbocycles. The third-order valence-electron chi connectivity index (χ3n) is 2.66. The van der Waals surface area contributed by atoms with Gasteiger partial charge in [-0.1, -0.05) is 19.1 Å². The Kier molecular flexibility index (Phi) is 7.76. The second-order valence-electron chi connectivity index (χ2n) is 4.78. The molecule has 126 valence electrons. The number of benzene rings is 1. The van der Waals surface area contributed by atoms with E-state index in [2.05, 4.69) is 0 Å². The molecule has 0 spiro atoms. The molecule has 0 aliphatic heterocycles. The second kappa shape index (κ2) is 9.58. The first-order chi connectivity index (χ1) is 10.9. The molecule has 0 aromatic heterocycles. The summed E-state index contributed by atoms with van der Waals surface area (Å²) in [7, 11) is 0. The Bertz CT molecular complexity index is 553. The van der Waals surface area contributed by atoms with Crippen molar-refractivity contribution in [2.24, 2.45) is 0 Å². The first-order valence-corrected chi connectivity index (χ1v) is 7.22. The van der Waals surface area contributed by atoms with Gasteiger partial charge in [-0.15, -0.1) is 0 Å². The van der Waals surface area contributed by atoms with Gasteiger partial charge >= 0.3 is 17.9 Å². The number of carbonyl (C=O) groups is 3. The highest BCUT2D eigenvalue weighted by atomic mass is 16.6. The molecule has 0 bridgehead atoms. The van der Waals surface area contributed by atoms with Crippen molar-refractivity contribution in [3.63, 3.8) is 0 Å². The normalized spacial score (nSPS) is 11.4. The average Bonchev–Trinajstić information content (AvgIpc) is 2.51. The van der Waals surface area contributed by atoms with Crippen LogP contribution in [0.3, 0.4) is 0 Å². The van der Waals surface area contributed by atoms with Crippen molar-refractivity contribution in [1.29, 1.82) is 0 Å². The maximum absolute atomic E-state index is 12.0. The Hall–Kier alpha value is -2.41. The minimum atomic E-state index is -1.12. The largest absolute Gasteiger partial charge is 0.463 e. The Balaban J connectivity index is 2.50. The summed E-state index contributed by atoms with van der Waals surface area (Å²) >= 11 is 0. The van der Waals surface area contributed by atoms with E-state index in [1.807, 2.05) is 6.92 Å². The molecule has 0 saturated heterocycles. The van der Waals surface area contributed by atoms with Gasteiger partial charge in [0, 0.05) is 13.3 Å². The lowest BCUT2D eigenvalue weighted by molar-refractivity contribution is -0.147. The summed E-state index contributed by atoms with van der Waals surface area (Å²) in [6.45, 7) is 2.46. The third-order valence-corrected chi connectivity index (χ3v) is 2.66. The number of hydrogen-bond donors (Lipinski definition) is 1. The van der Waals surface area contributed by atoms with Crippen LogP contribution in [0.25, 0.3) is 0 Å². The fourth-order valence-electron chi connectivity index (χ4n) is 1.64. The van der Waals surface area contributed by atoms with Crippen molar-refractivity contribution in [3.05, 3.63) is 29.8 Å². The molecule has 7 nitrogen and oxygen atoms in total. The van der Waals surface area contributed by atoms with E-state index in [1.54, 1.807) is 12.1 Å². The highest BCUT2D eigenvalue weighted by Crippen LogP contribution is 2.19. The van der Waals surface area contributed by atoms with Crippen LogP contribution in [0.1, 0.15) is 37.0 Å². The van der Waals surface area contributed by atoms with E-state index in [-0.39, 0.29) is 30.9 Å². The Labute approximate surface area is 134 Å². The van der Waals surface area contributed by atoms with Gasteiger partial charge in [-0.3, -0.25) is 9.59 Å². The van der Waals surface area contributed by atoms with Gasteiger partial charge in [0.05, 0.1) is 0 Å². The Morgan fingerprint density at radius 3 is 2.43 bits per heavy atom. The van der Waals surface area contributed by atoms with Crippen molar-refractivity contribution >= 4 is 17.9 Å². The van der Waals surface area contributed by atoms with E-state index in [0.717, 1.165) is 0 Å². The van der Waals surface area contributed by atoms with Crippen LogP contribution in [0.4, 0.5) is 0 Å². The quantitative estimate of drug-likeness (QED) is 0.571. The predicted octanol–water partition coefficient (Wildman–Crippen LogP) is 1.47. The van der Waals surface area contributed by atoms with Crippen LogP contribution in [0, 0.1) is 0 Å². The van der Waals surface area contributed by atoms with Crippen molar-refractivity contribution in [2.75, 3.05) is 13.2 Å². The lowest BCUT2D eigenvalue weighted by atomic mass is 10.2. The van der Waals surface area contributed by atoms with E-state index in [1.165, 1.54) is 19.1 Å². The molecule has 0 heterocycles. The number of carbonyl (C=O) groups excluding carboxylic acids is 3. The zero-order chi connectivity index (χ0) is 17.2. The highest BCUT2D eigenvalue weighted by molar-refractivity contribution is 5.93. The molecule has 1 N–H and O–H groups in total. The van der Waals surface area contributed by atoms with Gasteiger partial charge in [-0.25, -0.2) is 4.79 Å². The number of para-hydroxylation sites is 1. The zero-order valence-electron chi connectivity index (χ0n) is 13.1. The predicted molar refractivity (Wildman–Crippen MR) is 79.9 cm³/mol. The van der Waals surface area contributed by atoms with Crippen LogP contribution in [0.2, 0.25) is 0 Å². The lowest BCUT2D eigenvalue weighted by Crippen LogP contribution is -2.25. The van der Waals surface area contributed by atoms with Crippen LogP contribution < -0.4 is 4.74 Å². The van der Waals surface area contributed by atoms with Crippen molar-refractivity contribution in [1.82, 2.24) is 0 Å². The number of rotatable bonds is 8. The van der Waals surface area contributed by atoms with Crippen molar-refractivity contribution in [3.8, 4) is 5.75 Å². The number of aliphatic hydroxyl groups excluding tert-OH is 1. The third kappa shape index (κ3) is 6.92. The molecule has 0 radical (unpaired) electrons. The number of aliphatic hydroxyl groups is 1. The van der Waals surface area contributed by atoms with Gasteiger partial charge < -0.3 is 19.3 Å². The van der Waals surface area contributed by atoms with Crippen molar-refractivity contribution in [2.45, 2.75) is 32.8 Å². The second-order valence-corrected chi connectivity index (χ2v) is 4.78. The van der Waals surface area contributed by atoms with Gasteiger partial charge in [-0.05, 0) is 18.6 Å². The minimum Gasteiger partial charge on any atom is -0.463 e. The standard InChI is InChI=1S/C16H20O7/c1-3-6-15(19)21-9-12(18)10-22-16(20)13-7-4-5-8-14(13)23-11(2)17/h4-5,7-8,12,18H,3,6,9-10H2,1-2H3.